The molecule has 1 unspecified atom stereocenters. The second-order valence-electron chi connectivity index (χ2n) is 5.47. The van der Waals surface area contributed by atoms with E-state index in [-0.39, 0.29) is 11.7 Å². The fourth-order valence-corrected chi connectivity index (χ4v) is 2.68. The maximum Gasteiger partial charge on any atom is 0.224 e. The van der Waals surface area contributed by atoms with Gasteiger partial charge in [-0.2, -0.15) is 0 Å². The van der Waals surface area contributed by atoms with Gasteiger partial charge in [-0.3, -0.25) is 4.79 Å². The van der Waals surface area contributed by atoms with E-state index in [0.29, 0.717) is 18.4 Å². The fourth-order valence-electron chi connectivity index (χ4n) is 2.68. The van der Waals surface area contributed by atoms with Gasteiger partial charge in [-0.1, -0.05) is 29.8 Å². The van der Waals surface area contributed by atoms with E-state index in [1.165, 1.54) is 6.07 Å². The van der Waals surface area contributed by atoms with Crippen molar-refractivity contribution in [3.05, 3.63) is 64.5 Å². The number of carbonyl (C=O) groups excluding carboxylic acids is 1. The molecule has 0 aromatic heterocycles. The maximum absolute atomic E-state index is 14.0. The molecule has 1 aliphatic rings. The zero-order valence-corrected chi connectivity index (χ0v) is 11.8. The Hall–Kier alpha value is -2.20. The molecule has 0 fully saturated rings. The molecule has 0 radical (unpaired) electrons. The summed E-state index contributed by atoms with van der Waals surface area (Å²) in [4.78, 5) is 11.4. The summed E-state index contributed by atoms with van der Waals surface area (Å²) in [6, 6.07) is 10.1. The molecule has 4 heteroatoms. The van der Waals surface area contributed by atoms with Crippen LogP contribution in [-0.4, -0.2) is 5.91 Å². The highest BCUT2D eigenvalue weighted by Gasteiger charge is 2.18. The molecule has 0 aliphatic carbocycles. The van der Waals surface area contributed by atoms with Crippen molar-refractivity contribution in [3.63, 3.8) is 0 Å². The van der Waals surface area contributed by atoms with Crippen LogP contribution in [0.15, 0.2) is 36.4 Å². The molecule has 3 nitrogen and oxygen atoms in total. The van der Waals surface area contributed by atoms with Gasteiger partial charge in [-0.25, -0.2) is 4.39 Å². The lowest BCUT2D eigenvalue weighted by molar-refractivity contribution is -0.116. The minimum atomic E-state index is -0.507. The zero-order valence-electron chi connectivity index (χ0n) is 11.8. The lowest BCUT2D eigenvalue weighted by Gasteiger charge is -2.20. The molecule has 0 saturated carbocycles. The average Bonchev–Trinajstić information content (AvgIpc) is 2.48. The van der Waals surface area contributed by atoms with Crippen LogP contribution in [-0.2, 0) is 11.2 Å². The fraction of sp³-hybridized carbons (Fsp3) is 0.235. The summed E-state index contributed by atoms with van der Waals surface area (Å²) in [5, 5.41) is 2.83. The number of fused-ring (bicyclic) bond motifs is 1. The highest BCUT2D eigenvalue weighted by Crippen LogP contribution is 2.29. The van der Waals surface area contributed by atoms with Crippen molar-refractivity contribution < 1.29 is 9.18 Å². The van der Waals surface area contributed by atoms with E-state index in [2.05, 4.69) is 5.32 Å². The first-order valence-electron chi connectivity index (χ1n) is 6.99. The lowest BCUT2D eigenvalue weighted by atomic mass is 9.93. The van der Waals surface area contributed by atoms with Crippen LogP contribution in [0.5, 0.6) is 0 Å². The Morgan fingerprint density at radius 2 is 2.00 bits per heavy atom. The third-order valence-electron chi connectivity index (χ3n) is 3.87. The summed E-state index contributed by atoms with van der Waals surface area (Å²) in [5.41, 5.74) is 10.4. The molecule has 108 valence electrons. The molecule has 21 heavy (non-hydrogen) atoms. The summed E-state index contributed by atoms with van der Waals surface area (Å²) in [6.07, 6.45) is 1.17. The van der Waals surface area contributed by atoms with Gasteiger partial charge in [0.15, 0.2) is 0 Å². The molecule has 3 N–H and O–H groups in total. The first-order valence-corrected chi connectivity index (χ1v) is 6.99. The van der Waals surface area contributed by atoms with Gasteiger partial charge in [0.2, 0.25) is 5.91 Å². The van der Waals surface area contributed by atoms with Gasteiger partial charge < -0.3 is 11.1 Å². The molecule has 1 atom stereocenters. The Morgan fingerprint density at radius 1 is 1.19 bits per heavy atom. The number of nitrogens with one attached hydrogen (secondary N) is 1. The van der Waals surface area contributed by atoms with Crippen molar-refractivity contribution in [1.29, 1.82) is 0 Å². The Bertz CT molecular complexity index is 712. The van der Waals surface area contributed by atoms with Crippen molar-refractivity contribution in [2.45, 2.75) is 25.8 Å². The number of carbonyl (C=O) groups is 1. The third kappa shape index (κ3) is 2.67. The largest absolute Gasteiger partial charge is 0.326 e. The summed E-state index contributed by atoms with van der Waals surface area (Å²) < 4.78 is 14.0. The van der Waals surface area contributed by atoms with Gasteiger partial charge >= 0.3 is 0 Å². The quantitative estimate of drug-likeness (QED) is 0.890. The molecule has 1 aliphatic heterocycles. The zero-order chi connectivity index (χ0) is 15.0. The summed E-state index contributed by atoms with van der Waals surface area (Å²) in [6.45, 7) is 1.91. The Kier molecular flexibility index (Phi) is 3.47. The van der Waals surface area contributed by atoms with E-state index < -0.39 is 6.04 Å². The Labute approximate surface area is 123 Å². The van der Waals surface area contributed by atoms with Crippen LogP contribution in [0.4, 0.5) is 10.1 Å². The first-order chi connectivity index (χ1) is 10.0. The number of nitrogens with two attached hydrogens (primary N) is 1. The van der Waals surface area contributed by atoms with Crippen LogP contribution in [0.3, 0.4) is 0 Å². The highest BCUT2D eigenvalue weighted by molar-refractivity contribution is 5.93. The number of halogens is 1. The molecular weight excluding hydrogens is 267 g/mol. The minimum absolute atomic E-state index is 0.0317. The van der Waals surface area contributed by atoms with Crippen LogP contribution >= 0.6 is 0 Å². The van der Waals surface area contributed by atoms with Crippen molar-refractivity contribution in [1.82, 2.24) is 0 Å². The topological polar surface area (TPSA) is 55.1 Å². The van der Waals surface area contributed by atoms with Crippen LogP contribution in [0.2, 0.25) is 0 Å². The Balaban J connectivity index is 1.97. The minimum Gasteiger partial charge on any atom is -0.326 e. The number of aryl methyl sites for hydroxylation is 2. The van der Waals surface area contributed by atoms with Crippen LogP contribution < -0.4 is 11.1 Å². The van der Waals surface area contributed by atoms with Crippen LogP contribution in [0.1, 0.15) is 34.7 Å². The number of rotatable bonds is 2. The predicted molar refractivity (Wildman–Crippen MR) is 80.6 cm³/mol. The third-order valence-corrected chi connectivity index (χ3v) is 3.87. The summed E-state index contributed by atoms with van der Waals surface area (Å²) in [7, 11) is 0. The smallest absolute Gasteiger partial charge is 0.224 e. The summed E-state index contributed by atoms with van der Waals surface area (Å²) >= 11 is 0. The second-order valence-corrected chi connectivity index (χ2v) is 5.47. The van der Waals surface area contributed by atoms with Gasteiger partial charge in [0, 0.05) is 17.7 Å². The predicted octanol–water partition coefficient (Wildman–Crippen LogP) is 3.07. The lowest BCUT2D eigenvalue weighted by Crippen LogP contribution is -2.20. The first kappa shape index (κ1) is 13.8. The number of amides is 1. The normalized spacial score (nSPS) is 15.3. The monoisotopic (exact) mass is 284 g/mol. The van der Waals surface area contributed by atoms with Crippen molar-refractivity contribution in [2.75, 3.05) is 5.32 Å². The molecule has 2 aromatic carbocycles. The molecule has 0 spiro atoms. The number of anilines is 1. The van der Waals surface area contributed by atoms with Crippen LogP contribution in [0.25, 0.3) is 0 Å². The average molecular weight is 284 g/mol. The van der Waals surface area contributed by atoms with Crippen molar-refractivity contribution >= 4 is 11.6 Å². The van der Waals surface area contributed by atoms with Crippen molar-refractivity contribution in [3.8, 4) is 0 Å². The van der Waals surface area contributed by atoms with E-state index in [0.717, 1.165) is 22.4 Å². The van der Waals surface area contributed by atoms with E-state index in [9.17, 15) is 9.18 Å². The van der Waals surface area contributed by atoms with E-state index in [1.54, 1.807) is 12.1 Å². The molecule has 0 bridgehead atoms. The number of hydrogen-bond donors (Lipinski definition) is 2. The van der Waals surface area contributed by atoms with Gasteiger partial charge in [-0.05, 0) is 36.6 Å². The molecule has 0 saturated heterocycles. The van der Waals surface area contributed by atoms with E-state index in [4.69, 9.17) is 5.73 Å². The van der Waals surface area contributed by atoms with Gasteiger partial charge in [0.1, 0.15) is 5.82 Å². The molecule has 1 amide bonds. The van der Waals surface area contributed by atoms with Crippen molar-refractivity contribution in [2.24, 2.45) is 5.73 Å². The Morgan fingerprint density at radius 3 is 2.81 bits per heavy atom. The summed E-state index contributed by atoms with van der Waals surface area (Å²) in [5.74, 6) is -0.261. The highest BCUT2D eigenvalue weighted by atomic mass is 19.1. The van der Waals surface area contributed by atoms with E-state index >= 15 is 0 Å². The molecular formula is C17H17FN2O. The van der Waals surface area contributed by atoms with E-state index in [1.807, 2.05) is 25.1 Å². The van der Waals surface area contributed by atoms with Gasteiger partial charge in [0.25, 0.3) is 0 Å². The van der Waals surface area contributed by atoms with Gasteiger partial charge in [-0.15, -0.1) is 0 Å². The van der Waals surface area contributed by atoms with Gasteiger partial charge in [0.05, 0.1) is 6.04 Å². The molecule has 1 heterocycles. The van der Waals surface area contributed by atoms with Crippen LogP contribution in [0, 0.1) is 12.7 Å². The molecule has 3 rings (SSSR count). The SMILES string of the molecule is Cc1ccc(F)c(C(N)c2ccc3c(c2)CCC(=O)N3)c1. The standard InChI is InChI=1S/C17H17FN2O/c1-10-2-5-14(18)13(8-10)17(19)12-3-6-15-11(9-12)4-7-16(21)20-15/h2-3,5-6,8-9,17H,4,7,19H2,1H3,(H,20,21). The number of hydrogen-bond acceptors (Lipinski definition) is 2. The number of benzene rings is 2. The maximum atomic E-state index is 14.0. The molecule has 2 aromatic rings. The second kappa shape index (κ2) is 5.30.